The normalized spacial score (nSPS) is 11.2. The smallest absolute Gasteiger partial charge is 0.305 e. The number of hydrogen-bond donors (Lipinski definition) is 0. The summed E-state index contributed by atoms with van der Waals surface area (Å²) >= 11 is 0. The van der Waals surface area contributed by atoms with E-state index in [1.54, 1.807) is 0 Å². The Balaban J connectivity index is 3.49. The summed E-state index contributed by atoms with van der Waals surface area (Å²) in [6, 6.07) is 0. The fourth-order valence-electron chi connectivity index (χ4n) is 0.700. The SMILES string of the molecule is CCCCC(=O)OCCS(C)(=O)=O. The van der Waals surface area contributed by atoms with Gasteiger partial charge in [-0.2, -0.15) is 0 Å². The number of hydrogen-bond acceptors (Lipinski definition) is 4. The molecule has 78 valence electrons. The minimum atomic E-state index is -3.02. The largest absolute Gasteiger partial charge is 0.465 e. The predicted octanol–water partition coefficient (Wildman–Crippen LogP) is 0.764. The highest BCUT2D eigenvalue weighted by Gasteiger charge is 2.05. The molecular formula is C8H16O4S. The minimum Gasteiger partial charge on any atom is -0.465 e. The Labute approximate surface area is 79.2 Å². The number of sulfone groups is 1. The summed E-state index contributed by atoms with van der Waals surface area (Å²) < 4.78 is 26.0. The first-order valence-corrected chi connectivity index (χ1v) is 6.35. The molecule has 0 spiro atoms. The number of ether oxygens (including phenoxy) is 1. The average Bonchev–Trinajstić information content (AvgIpc) is 1.98. The van der Waals surface area contributed by atoms with Crippen LogP contribution in [0.5, 0.6) is 0 Å². The number of esters is 1. The summed E-state index contributed by atoms with van der Waals surface area (Å²) in [5, 5.41) is 0. The summed E-state index contributed by atoms with van der Waals surface area (Å²) in [6.45, 7) is 1.95. The molecule has 0 unspecified atom stereocenters. The first-order chi connectivity index (χ1) is 5.95. The fraction of sp³-hybridized carbons (Fsp3) is 0.875. The molecule has 4 nitrogen and oxygen atoms in total. The van der Waals surface area contributed by atoms with Gasteiger partial charge < -0.3 is 4.74 Å². The molecule has 0 aromatic carbocycles. The van der Waals surface area contributed by atoms with Crippen molar-refractivity contribution in [1.82, 2.24) is 0 Å². The van der Waals surface area contributed by atoms with Crippen LogP contribution in [0.2, 0.25) is 0 Å². The van der Waals surface area contributed by atoms with E-state index in [-0.39, 0.29) is 18.3 Å². The molecule has 0 aliphatic carbocycles. The maximum absolute atomic E-state index is 10.9. The number of carbonyl (C=O) groups is 1. The zero-order valence-corrected chi connectivity index (χ0v) is 8.89. The van der Waals surface area contributed by atoms with E-state index in [1.807, 2.05) is 6.92 Å². The second-order valence-corrected chi connectivity index (χ2v) is 5.21. The third-order valence-electron chi connectivity index (χ3n) is 1.45. The molecule has 0 fully saturated rings. The van der Waals surface area contributed by atoms with Gasteiger partial charge >= 0.3 is 5.97 Å². The van der Waals surface area contributed by atoms with Crippen molar-refractivity contribution < 1.29 is 17.9 Å². The Kier molecular flexibility index (Phi) is 5.70. The van der Waals surface area contributed by atoms with Crippen molar-refractivity contribution in [2.24, 2.45) is 0 Å². The van der Waals surface area contributed by atoms with E-state index in [1.165, 1.54) is 0 Å². The first kappa shape index (κ1) is 12.4. The Morgan fingerprint density at radius 2 is 2.00 bits per heavy atom. The van der Waals surface area contributed by atoms with Gasteiger partial charge in [0.2, 0.25) is 0 Å². The summed E-state index contributed by atoms with van der Waals surface area (Å²) in [6.07, 6.45) is 3.21. The van der Waals surface area contributed by atoms with Crippen molar-refractivity contribution >= 4 is 15.8 Å². The van der Waals surface area contributed by atoms with Crippen LogP contribution < -0.4 is 0 Å². The molecule has 0 rings (SSSR count). The van der Waals surface area contributed by atoms with E-state index in [9.17, 15) is 13.2 Å². The first-order valence-electron chi connectivity index (χ1n) is 4.29. The number of unbranched alkanes of at least 4 members (excludes halogenated alkanes) is 1. The highest BCUT2D eigenvalue weighted by molar-refractivity contribution is 7.90. The quantitative estimate of drug-likeness (QED) is 0.605. The van der Waals surface area contributed by atoms with E-state index < -0.39 is 9.84 Å². The second-order valence-electron chi connectivity index (χ2n) is 2.95. The molecule has 0 N–H and O–H groups in total. The Hall–Kier alpha value is -0.580. The topological polar surface area (TPSA) is 60.4 Å². The molecular weight excluding hydrogens is 192 g/mol. The lowest BCUT2D eigenvalue weighted by Gasteiger charge is -2.02. The van der Waals surface area contributed by atoms with Crippen LogP contribution in [0.3, 0.4) is 0 Å². The van der Waals surface area contributed by atoms with Crippen molar-refractivity contribution in [3.63, 3.8) is 0 Å². The van der Waals surface area contributed by atoms with Crippen LogP contribution in [0, 0.1) is 0 Å². The zero-order valence-electron chi connectivity index (χ0n) is 8.08. The second kappa shape index (κ2) is 5.96. The molecule has 0 heterocycles. The lowest BCUT2D eigenvalue weighted by atomic mass is 10.3. The van der Waals surface area contributed by atoms with Crippen LogP contribution >= 0.6 is 0 Å². The van der Waals surface area contributed by atoms with Gasteiger partial charge in [-0.05, 0) is 6.42 Å². The van der Waals surface area contributed by atoms with Gasteiger partial charge in [0.05, 0.1) is 5.75 Å². The zero-order chi connectivity index (χ0) is 10.3. The van der Waals surface area contributed by atoms with Gasteiger partial charge in [0.15, 0.2) is 9.84 Å². The van der Waals surface area contributed by atoms with E-state index in [0.29, 0.717) is 6.42 Å². The molecule has 0 atom stereocenters. The standard InChI is InChI=1S/C8H16O4S/c1-3-4-5-8(9)12-6-7-13(2,10)11/h3-7H2,1-2H3. The van der Waals surface area contributed by atoms with E-state index in [2.05, 4.69) is 0 Å². The van der Waals surface area contributed by atoms with Crippen molar-refractivity contribution in [2.45, 2.75) is 26.2 Å². The monoisotopic (exact) mass is 208 g/mol. The lowest BCUT2D eigenvalue weighted by molar-refractivity contribution is -0.143. The van der Waals surface area contributed by atoms with Crippen molar-refractivity contribution in [1.29, 1.82) is 0 Å². The highest BCUT2D eigenvalue weighted by atomic mass is 32.2. The maximum Gasteiger partial charge on any atom is 0.305 e. The summed E-state index contributed by atoms with van der Waals surface area (Å²) in [5.74, 6) is -0.407. The van der Waals surface area contributed by atoms with Crippen molar-refractivity contribution in [2.75, 3.05) is 18.6 Å². The van der Waals surface area contributed by atoms with Crippen molar-refractivity contribution in [3.05, 3.63) is 0 Å². The van der Waals surface area contributed by atoms with Gasteiger partial charge in [0.25, 0.3) is 0 Å². The third kappa shape index (κ3) is 9.33. The predicted molar refractivity (Wildman–Crippen MR) is 50.2 cm³/mol. The molecule has 5 heteroatoms. The molecule has 13 heavy (non-hydrogen) atoms. The van der Waals surface area contributed by atoms with E-state index in [4.69, 9.17) is 4.74 Å². The van der Waals surface area contributed by atoms with Crippen molar-refractivity contribution in [3.8, 4) is 0 Å². The molecule has 0 aliphatic rings. The molecule has 0 aromatic heterocycles. The summed E-state index contributed by atoms with van der Waals surface area (Å²) in [4.78, 5) is 10.9. The molecule has 0 radical (unpaired) electrons. The van der Waals surface area contributed by atoms with Crippen LogP contribution in [0.15, 0.2) is 0 Å². The van der Waals surface area contributed by atoms with Gasteiger partial charge in [-0.25, -0.2) is 8.42 Å². The Morgan fingerprint density at radius 3 is 2.46 bits per heavy atom. The molecule has 0 bridgehead atoms. The Bertz CT molecular complexity index is 243. The van der Waals surface area contributed by atoms with Crippen LogP contribution in [-0.2, 0) is 19.4 Å². The van der Waals surface area contributed by atoms with E-state index in [0.717, 1.165) is 19.1 Å². The van der Waals surface area contributed by atoms with Crippen LogP contribution in [-0.4, -0.2) is 33.0 Å². The molecule has 0 aromatic rings. The molecule has 0 aliphatic heterocycles. The third-order valence-corrected chi connectivity index (χ3v) is 2.36. The van der Waals surface area contributed by atoms with Crippen LogP contribution in [0.25, 0.3) is 0 Å². The highest BCUT2D eigenvalue weighted by Crippen LogP contribution is 1.96. The molecule has 0 saturated heterocycles. The van der Waals surface area contributed by atoms with E-state index >= 15 is 0 Å². The van der Waals surface area contributed by atoms with Gasteiger partial charge in [0.1, 0.15) is 6.61 Å². The number of rotatable bonds is 6. The number of carbonyl (C=O) groups excluding carboxylic acids is 1. The fourth-order valence-corrected chi connectivity index (χ4v) is 1.09. The van der Waals surface area contributed by atoms with Gasteiger partial charge in [-0.15, -0.1) is 0 Å². The van der Waals surface area contributed by atoms with Crippen LogP contribution in [0.1, 0.15) is 26.2 Å². The lowest BCUT2D eigenvalue weighted by Crippen LogP contribution is -2.13. The van der Waals surface area contributed by atoms with Gasteiger partial charge in [-0.1, -0.05) is 13.3 Å². The molecule has 0 amide bonds. The maximum atomic E-state index is 10.9. The summed E-state index contributed by atoms with van der Waals surface area (Å²) in [7, 11) is -3.02. The average molecular weight is 208 g/mol. The van der Waals surface area contributed by atoms with Gasteiger partial charge in [0, 0.05) is 12.7 Å². The summed E-state index contributed by atoms with van der Waals surface area (Å²) in [5.41, 5.74) is 0. The van der Waals surface area contributed by atoms with Crippen LogP contribution in [0.4, 0.5) is 0 Å². The minimum absolute atomic E-state index is 0.0264. The van der Waals surface area contributed by atoms with Gasteiger partial charge in [-0.3, -0.25) is 4.79 Å². The Morgan fingerprint density at radius 1 is 1.38 bits per heavy atom. The molecule has 0 saturated carbocycles.